The summed E-state index contributed by atoms with van der Waals surface area (Å²) in [6.45, 7) is 1.88. The van der Waals surface area contributed by atoms with Crippen LogP contribution in [-0.4, -0.2) is 37.0 Å². The fourth-order valence-corrected chi connectivity index (χ4v) is 4.81. The van der Waals surface area contributed by atoms with Crippen molar-refractivity contribution in [2.45, 2.75) is 20.9 Å². The third-order valence-electron chi connectivity index (χ3n) is 3.12. The Hall–Kier alpha value is -2.51. The Morgan fingerprint density at radius 2 is 1.96 bits per heavy atom. The summed E-state index contributed by atoms with van der Waals surface area (Å²) in [5, 5.41) is 26.6. The first kappa shape index (κ1) is 19.3. The first-order valence-electron chi connectivity index (χ1n) is 7.42. The lowest BCUT2D eigenvalue weighted by Crippen LogP contribution is -2.12. The number of carbonyl (C=O) groups is 1. The Morgan fingerprint density at radius 1 is 1.26 bits per heavy atom. The van der Waals surface area contributed by atoms with Gasteiger partial charge in [0.15, 0.2) is 8.68 Å². The van der Waals surface area contributed by atoms with Gasteiger partial charge in [0.05, 0.1) is 15.9 Å². The van der Waals surface area contributed by atoms with E-state index in [2.05, 4.69) is 20.4 Å². The molecule has 13 heteroatoms. The molecule has 10 nitrogen and oxygen atoms in total. The predicted octanol–water partition coefficient (Wildman–Crippen LogP) is 2.93. The van der Waals surface area contributed by atoms with Crippen LogP contribution in [0.3, 0.4) is 0 Å². The van der Waals surface area contributed by atoms with Crippen LogP contribution in [0.1, 0.15) is 18.1 Å². The number of primary amides is 1. The highest BCUT2D eigenvalue weighted by Gasteiger charge is 2.19. The minimum absolute atomic E-state index is 0.0105. The second kappa shape index (κ2) is 8.45. The highest BCUT2D eigenvalue weighted by molar-refractivity contribution is 8.03. The molecule has 0 saturated carbocycles. The van der Waals surface area contributed by atoms with Crippen molar-refractivity contribution in [1.29, 1.82) is 0 Å². The van der Waals surface area contributed by atoms with Crippen molar-refractivity contribution in [2.75, 3.05) is 5.75 Å². The van der Waals surface area contributed by atoms with Crippen molar-refractivity contribution in [3.05, 3.63) is 40.3 Å². The maximum atomic E-state index is 10.8. The van der Waals surface area contributed by atoms with Crippen molar-refractivity contribution in [2.24, 2.45) is 5.73 Å². The fraction of sp³-hybridized carbons (Fsp3) is 0.214. The molecule has 140 valence electrons. The molecule has 27 heavy (non-hydrogen) atoms. The molecule has 0 aliphatic heterocycles. The van der Waals surface area contributed by atoms with Gasteiger partial charge in [-0.05, 0) is 19.1 Å². The van der Waals surface area contributed by atoms with Crippen molar-refractivity contribution in [3.8, 4) is 11.5 Å². The lowest BCUT2D eigenvalue weighted by atomic mass is 10.2. The molecule has 2 aromatic heterocycles. The molecule has 0 radical (unpaired) electrons. The summed E-state index contributed by atoms with van der Waals surface area (Å²) >= 11 is 3.98. The van der Waals surface area contributed by atoms with E-state index in [0.29, 0.717) is 20.1 Å². The molecule has 1 unspecified atom stereocenters. The number of benzene rings is 1. The molecule has 2 N–H and O–H groups in total. The van der Waals surface area contributed by atoms with E-state index in [1.807, 2.05) is 6.92 Å². The van der Waals surface area contributed by atoms with Crippen LogP contribution in [0.25, 0.3) is 11.5 Å². The van der Waals surface area contributed by atoms with Crippen LogP contribution in [0.2, 0.25) is 0 Å². The lowest BCUT2D eigenvalue weighted by Gasteiger charge is -2.02. The third-order valence-corrected chi connectivity index (χ3v) is 6.37. The number of amides is 1. The molecule has 3 rings (SSSR count). The number of nitro groups is 1. The van der Waals surface area contributed by atoms with Crippen LogP contribution in [-0.2, 0) is 4.79 Å². The van der Waals surface area contributed by atoms with Gasteiger partial charge in [-0.2, -0.15) is 0 Å². The number of nitrogens with zero attached hydrogens (tertiary/aromatic N) is 5. The van der Waals surface area contributed by atoms with E-state index in [9.17, 15) is 14.9 Å². The van der Waals surface area contributed by atoms with Crippen LogP contribution in [0.15, 0.2) is 37.4 Å². The molecular weight excluding hydrogens is 412 g/mol. The first-order valence-corrected chi connectivity index (χ1v) is 10.1. The highest BCUT2D eigenvalue weighted by Crippen LogP contribution is 2.38. The van der Waals surface area contributed by atoms with Crippen molar-refractivity contribution < 1.29 is 14.1 Å². The van der Waals surface area contributed by atoms with Crippen LogP contribution >= 0.6 is 34.9 Å². The number of thioether (sulfide) groups is 2. The zero-order chi connectivity index (χ0) is 19.4. The monoisotopic (exact) mass is 424 g/mol. The van der Waals surface area contributed by atoms with Crippen LogP contribution < -0.4 is 5.73 Å². The number of hydrogen-bond acceptors (Lipinski definition) is 11. The summed E-state index contributed by atoms with van der Waals surface area (Å²) in [6, 6.07) is 5.87. The molecular formula is C14H12N6O4S3. The van der Waals surface area contributed by atoms with E-state index in [1.54, 1.807) is 12.1 Å². The zero-order valence-corrected chi connectivity index (χ0v) is 16.2. The van der Waals surface area contributed by atoms with Gasteiger partial charge >= 0.3 is 0 Å². The fourth-order valence-electron chi connectivity index (χ4n) is 1.88. The largest absolute Gasteiger partial charge is 0.419 e. The molecule has 0 aliphatic rings. The van der Waals surface area contributed by atoms with E-state index >= 15 is 0 Å². The summed E-state index contributed by atoms with van der Waals surface area (Å²) in [6.07, 6.45) is 0. The van der Waals surface area contributed by atoms with Gasteiger partial charge in [0.2, 0.25) is 17.7 Å². The number of nitrogens with two attached hydrogens (primary N) is 1. The third kappa shape index (κ3) is 5.02. The van der Waals surface area contributed by atoms with E-state index in [1.165, 1.54) is 47.0 Å². The zero-order valence-electron chi connectivity index (χ0n) is 13.8. The van der Waals surface area contributed by atoms with Gasteiger partial charge in [-0.15, -0.1) is 20.4 Å². The number of nitro benzene ring substituents is 1. The smallest absolute Gasteiger partial charge is 0.269 e. The Morgan fingerprint density at radius 3 is 2.63 bits per heavy atom. The highest BCUT2D eigenvalue weighted by atomic mass is 32.2. The Kier molecular flexibility index (Phi) is 6.03. The second-order valence-electron chi connectivity index (χ2n) is 5.10. The average molecular weight is 424 g/mol. The van der Waals surface area contributed by atoms with Gasteiger partial charge in [0.1, 0.15) is 0 Å². The molecule has 0 spiro atoms. The number of hydrogen-bond donors (Lipinski definition) is 1. The molecule has 0 bridgehead atoms. The van der Waals surface area contributed by atoms with Gasteiger partial charge < -0.3 is 10.2 Å². The van der Waals surface area contributed by atoms with Gasteiger partial charge in [-0.25, -0.2) is 0 Å². The van der Waals surface area contributed by atoms with Crippen molar-refractivity contribution >= 4 is 46.5 Å². The summed E-state index contributed by atoms with van der Waals surface area (Å²) in [5.41, 5.74) is 5.69. The number of aromatic nitrogens is 4. The SMILES string of the molecule is CC(Sc1nnc(SCC(N)=O)s1)c1nnc(-c2ccc([N+](=O)[O-])cc2)o1. The quantitative estimate of drug-likeness (QED) is 0.324. The number of rotatable bonds is 8. The normalized spacial score (nSPS) is 12.0. The molecule has 0 fully saturated rings. The van der Waals surface area contributed by atoms with Gasteiger partial charge in [0, 0.05) is 17.7 Å². The number of non-ortho nitro benzene ring substituents is 1. The first-order chi connectivity index (χ1) is 12.9. The van der Waals surface area contributed by atoms with Gasteiger partial charge in [-0.1, -0.05) is 34.9 Å². The predicted molar refractivity (Wildman–Crippen MR) is 100 cm³/mol. The molecule has 2 heterocycles. The molecule has 1 aromatic carbocycles. The second-order valence-corrected chi connectivity index (χ2v) is 8.89. The molecule has 0 aliphatic carbocycles. The summed E-state index contributed by atoms with van der Waals surface area (Å²) < 4.78 is 7.02. The van der Waals surface area contributed by atoms with Crippen LogP contribution in [0.5, 0.6) is 0 Å². The average Bonchev–Trinajstić information content (AvgIpc) is 3.29. The summed E-state index contributed by atoms with van der Waals surface area (Å²) in [5.74, 6) is 0.413. The van der Waals surface area contributed by atoms with Crippen LogP contribution in [0.4, 0.5) is 5.69 Å². The lowest BCUT2D eigenvalue weighted by molar-refractivity contribution is -0.384. The van der Waals surface area contributed by atoms with Gasteiger partial charge in [-0.3, -0.25) is 14.9 Å². The molecule has 3 aromatic rings. The van der Waals surface area contributed by atoms with Crippen molar-refractivity contribution in [3.63, 3.8) is 0 Å². The minimum atomic E-state index is -0.472. The van der Waals surface area contributed by atoms with E-state index in [-0.39, 0.29) is 22.6 Å². The minimum Gasteiger partial charge on any atom is -0.419 e. The van der Waals surface area contributed by atoms with E-state index < -0.39 is 10.8 Å². The van der Waals surface area contributed by atoms with E-state index in [4.69, 9.17) is 10.2 Å². The standard InChI is InChI=1S/C14H12N6O4S3/c1-7(26-14-19-18-13(27-14)25-6-10(15)21)11-16-17-12(24-11)8-2-4-9(5-3-8)20(22)23/h2-5,7H,6H2,1H3,(H2,15,21). The Labute approximate surface area is 165 Å². The summed E-state index contributed by atoms with van der Waals surface area (Å²) in [7, 11) is 0. The van der Waals surface area contributed by atoms with E-state index in [0.717, 1.165) is 0 Å². The molecule has 1 amide bonds. The number of carbonyl (C=O) groups excluding carboxylic acids is 1. The molecule has 0 saturated heterocycles. The molecule has 1 atom stereocenters. The topological polar surface area (TPSA) is 151 Å². The maximum Gasteiger partial charge on any atom is 0.269 e. The summed E-state index contributed by atoms with van der Waals surface area (Å²) in [4.78, 5) is 21.0. The maximum absolute atomic E-state index is 10.8. The Bertz CT molecular complexity index is 958. The Balaban J connectivity index is 1.65. The van der Waals surface area contributed by atoms with Crippen LogP contribution in [0, 0.1) is 10.1 Å². The van der Waals surface area contributed by atoms with Gasteiger partial charge in [0.25, 0.3) is 5.69 Å². The van der Waals surface area contributed by atoms with Crippen molar-refractivity contribution in [1.82, 2.24) is 20.4 Å².